The first-order valence-electron chi connectivity index (χ1n) is 8.42. The van der Waals surface area contributed by atoms with E-state index in [-0.39, 0.29) is 24.7 Å². The van der Waals surface area contributed by atoms with Crippen molar-refractivity contribution in [2.75, 3.05) is 5.32 Å². The van der Waals surface area contributed by atoms with Crippen molar-refractivity contribution < 1.29 is 19.5 Å². The van der Waals surface area contributed by atoms with Crippen LogP contribution in [0, 0.1) is 6.92 Å². The van der Waals surface area contributed by atoms with Gasteiger partial charge in [-0.3, -0.25) is 14.4 Å². The highest BCUT2D eigenvalue weighted by atomic mass is 16.4. The van der Waals surface area contributed by atoms with Crippen molar-refractivity contribution in [1.29, 1.82) is 0 Å². The number of aryl methyl sites for hydroxylation is 1. The van der Waals surface area contributed by atoms with Gasteiger partial charge in [0, 0.05) is 12.1 Å². The van der Waals surface area contributed by atoms with Crippen LogP contribution >= 0.6 is 0 Å². The fourth-order valence-corrected chi connectivity index (χ4v) is 3.31. The molecule has 134 valence electrons. The monoisotopic (exact) mass is 352 g/mol. The largest absolute Gasteiger partial charge is 0.481 e. The molecule has 2 aromatic rings. The van der Waals surface area contributed by atoms with Crippen molar-refractivity contribution in [3.8, 4) is 0 Å². The first-order chi connectivity index (χ1) is 12.5. The average molecular weight is 352 g/mol. The van der Waals surface area contributed by atoms with Gasteiger partial charge in [-0.1, -0.05) is 42.5 Å². The maximum atomic E-state index is 12.9. The smallest absolute Gasteiger partial charge is 0.305 e. The summed E-state index contributed by atoms with van der Waals surface area (Å²) in [6.07, 6.45) is -0.187. The van der Waals surface area contributed by atoms with Gasteiger partial charge < -0.3 is 15.7 Å². The number of carbonyl (C=O) groups excluding carboxylic acids is 2. The molecule has 0 unspecified atom stereocenters. The molecule has 0 bridgehead atoms. The van der Waals surface area contributed by atoms with Crippen molar-refractivity contribution in [3.05, 3.63) is 65.2 Å². The number of fused-ring (bicyclic) bond motifs is 1. The van der Waals surface area contributed by atoms with Gasteiger partial charge in [0.15, 0.2) is 0 Å². The number of aliphatic carboxylic acids is 1. The van der Waals surface area contributed by atoms with E-state index in [0.717, 1.165) is 16.7 Å². The molecule has 0 fully saturated rings. The van der Waals surface area contributed by atoms with Crippen molar-refractivity contribution in [2.24, 2.45) is 0 Å². The van der Waals surface area contributed by atoms with Crippen molar-refractivity contribution >= 4 is 23.5 Å². The predicted octanol–water partition coefficient (Wildman–Crippen LogP) is 2.75. The first kappa shape index (κ1) is 17.7. The molecule has 3 rings (SSSR count). The van der Waals surface area contributed by atoms with Crippen LogP contribution in [0.25, 0.3) is 0 Å². The molecular weight excluding hydrogens is 332 g/mol. The van der Waals surface area contributed by atoms with Gasteiger partial charge in [0.05, 0.1) is 18.4 Å². The summed E-state index contributed by atoms with van der Waals surface area (Å²) in [5.41, 5.74) is 3.02. The molecule has 0 aromatic heterocycles. The van der Waals surface area contributed by atoms with Crippen LogP contribution in [-0.2, 0) is 14.4 Å². The Hall–Kier alpha value is -3.15. The molecule has 0 saturated carbocycles. The number of rotatable bonds is 5. The minimum Gasteiger partial charge on any atom is -0.481 e. The molecule has 0 radical (unpaired) electrons. The van der Waals surface area contributed by atoms with Crippen LogP contribution in [0.5, 0.6) is 0 Å². The van der Waals surface area contributed by atoms with Gasteiger partial charge in [0.2, 0.25) is 11.8 Å². The summed E-state index contributed by atoms with van der Waals surface area (Å²) in [6, 6.07) is 13.9. The molecule has 2 amide bonds. The zero-order valence-electron chi connectivity index (χ0n) is 14.4. The second-order valence-electron chi connectivity index (χ2n) is 6.41. The van der Waals surface area contributed by atoms with Crippen LogP contribution < -0.4 is 10.6 Å². The molecule has 26 heavy (non-hydrogen) atoms. The van der Waals surface area contributed by atoms with E-state index in [1.165, 1.54) is 0 Å². The minimum atomic E-state index is -1.000. The van der Waals surface area contributed by atoms with Crippen molar-refractivity contribution in [1.82, 2.24) is 5.32 Å². The molecule has 2 atom stereocenters. The van der Waals surface area contributed by atoms with Gasteiger partial charge in [0.1, 0.15) is 0 Å². The summed E-state index contributed by atoms with van der Waals surface area (Å²) in [5, 5.41) is 14.8. The standard InChI is InChI=1S/C20H20N2O4/c1-12-6-2-3-7-13(12)17(11-19(24)25)22-20(26)15-10-18(23)21-16-9-5-4-8-14(15)16/h2-9,15,17H,10-11H2,1H3,(H,21,23)(H,22,26)(H,24,25)/t15-,17+/m1/s1. The number of carboxylic acid groups (broad SMARTS) is 1. The third-order valence-corrected chi connectivity index (χ3v) is 4.58. The Kier molecular flexibility index (Phi) is 5.02. The van der Waals surface area contributed by atoms with E-state index in [2.05, 4.69) is 10.6 Å². The normalized spacial score (nSPS) is 17.0. The van der Waals surface area contributed by atoms with Gasteiger partial charge in [-0.25, -0.2) is 0 Å². The Bertz CT molecular complexity index is 862. The fourth-order valence-electron chi connectivity index (χ4n) is 3.31. The van der Waals surface area contributed by atoms with Crippen LogP contribution in [0.1, 0.15) is 41.5 Å². The third kappa shape index (κ3) is 3.74. The second-order valence-corrected chi connectivity index (χ2v) is 6.41. The molecule has 2 aromatic carbocycles. The highest BCUT2D eigenvalue weighted by Crippen LogP contribution is 2.33. The molecule has 1 aliphatic rings. The lowest BCUT2D eigenvalue weighted by Gasteiger charge is -2.27. The lowest BCUT2D eigenvalue weighted by molar-refractivity contribution is -0.138. The number of hydrogen-bond donors (Lipinski definition) is 3. The second kappa shape index (κ2) is 7.39. The van der Waals surface area contributed by atoms with Crippen molar-refractivity contribution in [2.45, 2.75) is 31.7 Å². The number of nitrogens with one attached hydrogen (secondary N) is 2. The fraction of sp³-hybridized carbons (Fsp3) is 0.250. The van der Waals surface area contributed by atoms with Gasteiger partial charge in [0.25, 0.3) is 0 Å². The van der Waals surface area contributed by atoms with E-state index in [1.807, 2.05) is 37.3 Å². The van der Waals surface area contributed by atoms with E-state index in [9.17, 15) is 19.5 Å². The zero-order valence-corrected chi connectivity index (χ0v) is 14.4. The highest BCUT2D eigenvalue weighted by Gasteiger charge is 2.32. The first-order valence-corrected chi connectivity index (χ1v) is 8.42. The molecular formula is C20H20N2O4. The van der Waals surface area contributed by atoms with Gasteiger partial charge in [-0.05, 0) is 29.7 Å². The lowest BCUT2D eigenvalue weighted by atomic mass is 9.89. The van der Waals surface area contributed by atoms with Gasteiger partial charge >= 0.3 is 5.97 Å². The van der Waals surface area contributed by atoms with Crippen LogP contribution in [0.2, 0.25) is 0 Å². The number of amides is 2. The number of carboxylic acids is 1. The van der Waals surface area contributed by atoms with Crippen molar-refractivity contribution in [3.63, 3.8) is 0 Å². The molecule has 0 spiro atoms. The Morgan fingerprint density at radius 1 is 1.19 bits per heavy atom. The number of anilines is 1. The molecule has 1 heterocycles. The van der Waals surface area contributed by atoms with E-state index in [4.69, 9.17) is 0 Å². The summed E-state index contributed by atoms with van der Waals surface area (Å²) < 4.78 is 0. The summed E-state index contributed by atoms with van der Waals surface area (Å²) in [7, 11) is 0. The molecule has 0 aliphatic carbocycles. The number of benzene rings is 2. The van der Waals surface area contributed by atoms with E-state index < -0.39 is 17.9 Å². The van der Waals surface area contributed by atoms with Gasteiger partial charge in [-0.15, -0.1) is 0 Å². The van der Waals surface area contributed by atoms with Crippen LogP contribution in [-0.4, -0.2) is 22.9 Å². The molecule has 6 heteroatoms. The Morgan fingerprint density at radius 2 is 1.88 bits per heavy atom. The zero-order chi connectivity index (χ0) is 18.7. The molecule has 6 nitrogen and oxygen atoms in total. The summed E-state index contributed by atoms with van der Waals surface area (Å²) >= 11 is 0. The topological polar surface area (TPSA) is 95.5 Å². The summed E-state index contributed by atoms with van der Waals surface area (Å²) in [4.78, 5) is 36.1. The Morgan fingerprint density at radius 3 is 2.62 bits per heavy atom. The third-order valence-electron chi connectivity index (χ3n) is 4.58. The summed E-state index contributed by atoms with van der Waals surface area (Å²) in [6.45, 7) is 1.87. The quantitative estimate of drug-likeness (QED) is 0.771. The molecule has 0 saturated heterocycles. The maximum Gasteiger partial charge on any atom is 0.305 e. The minimum absolute atomic E-state index is 0.0381. The van der Waals surface area contributed by atoms with E-state index in [1.54, 1.807) is 18.2 Å². The summed E-state index contributed by atoms with van der Waals surface area (Å²) in [5.74, 6) is -2.21. The molecule has 1 aliphatic heterocycles. The number of carbonyl (C=O) groups is 3. The Labute approximate surface area is 151 Å². The Balaban J connectivity index is 1.88. The SMILES string of the molecule is Cc1ccccc1[C@H](CC(=O)O)NC(=O)[C@@H]1CC(=O)Nc2ccccc21. The predicted molar refractivity (Wildman–Crippen MR) is 96.7 cm³/mol. The van der Waals surface area contributed by atoms with E-state index in [0.29, 0.717) is 5.69 Å². The number of para-hydroxylation sites is 1. The average Bonchev–Trinajstić information content (AvgIpc) is 2.60. The highest BCUT2D eigenvalue weighted by molar-refractivity contribution is 6.01. The van der Waals surface area contributed by atoms with E-state index >= 15 is 0 Å². The van der Waals surface area contributed by atoms with Crippen LogP contribution in [0.4, 0.5) is 5.69 Å². The number of hydrogen-bond acceptors (Lipinski definition) is 3. The lowest BCUT2D eigenvalue weighted by Crippen LogP contribution is -2.38. The van der Waals surface area contributed by atoms with Crippen LogP contribution in [0.3, 0.4) is 0 Å². The molecule has 3 N–H and O–H groups in total. The van der Waals surface area contributed by atoms with Gasteiger partial charge in [-0.2, -0.15) is 0 Å². The maximum absolute atomic E-state index is 12.9. The van der Waals surface area contributed by atoms with Crippen LogP contribution in [0.15, 0.2) is 48.5 Å².